The van der Waals surface area contributed by atoms with Gasteiger partial charge in [-0.15, -0.1) is 0 Å². The fourth-order valence-corrected chi connectivity index (χ4v) is 0.671. The van der Waals surface area contributed by atoms with Gasteiger partial charge in [-0.25, -0.2) is 4.98 Å². The summed E-state index contributed by atoms with van der Waals surface area (Å²) in [6.07, 6.45) is 9.03. The first-order chi connectivity index (χ1) is 11.8. The van der Waals surface area contributed by atoms with Gasteiger partial charge in [-0.05, 0) is 6.07 Å². The van der Waals surface area contributed by atoms with Crippen LogP contribution in [0.2, 0.25) is 0 Å². The summed E-state index contributed by atoms with van der Waals surface area (Å²) in [5.41, 5.74) is 0. The molecule has 0 atom stereocenters. The van der Waals surface area contributed by atoms with E-state index in [0.29, 0.717) is 0 Å². The lowest BCUT2D eigenvalue weighted by atomic mass is 10.8. The van der Waals surface area contributed by atoms with Crippen LogP contribution < -0.4 is 0 Å². The monoisotopic (exact) mass is 344 g/mol. The first-order valence-electron chi connectivity index (χ1n) is 9.64. The largest absolute Gasteiger partial charge is 0.341 e. The van der Waals surface area contributed by atoms with Gasteiger partial charge in [-0.2, -0.15) is 5.10 Å². The van der Waals surface area contributed by atoms with Gasteiger partial charge in [0.25, 0.3) is 0 Å². The molecule has 2 aromatic rings. The minimum atomic E-state index is 1.75. The van der Waals surface area contributed by atoms with E-state index in [1.165, 1.54) is 0 Å². The Bertz CT molecular complexity index is 255. The summed E-state index contributed by atoms with van der Waals surface area (Å²) in [5.74, 6) is 0. The van der Waals surface area contributed by atoms with Gasteiger partial charge < -0.3 is 4.57 Å². The van der Waals surface area contributed by atoms with Crippen molar-refractivity contribution in [1.82, 2.24) is 19.3 Å². The van der Waals surface area contributed by atoms with E-state index < -0.39 is 0 Å². The first-order valence-corrected chi connectivity index (χ1v) is 9.64. The van der Waals surface area contributed by atoms with Crippen molar-refractivity contribution in [3.8, 4) is 0 Å². The highest BCUT2D eigenvalue weighted by atomic mass is 15.2. The van der Waals surface area contributed by atoms with Crippen LogP contribution in [0, 0.1) is 0 Å². The van der Waals surface area contributed by atoms with Crippen molar-refractivity contribution in [2.45, 2.75) is 83.1 Å². The second-order valence-electron chi connectivity index (χ2n) is 2.41. The Morgan fingerprint density at radius 1 is 0.583 bits per heavy atom. The van der Waals surface area contributed by atoms with Crippen LogP contribution in [-0.4, -0.2) is 19.3 Å². The summed E-state index contributed by atoms with van der Waals surface area (Å²) >= 11 is 0. The van der Waals surface area contributed by atoms with Crippen molar-refractivity contribution in [1.29, 1.82) is 0 Å². The van der Waals surface area contributed by atoms with Crippen LogP contribution >= 0.6 is 0 Å². The van der Waals surface area contributed by atoms with E-state index in [1.807, 2.05) is 120 Å². The van der Waals surface area contributed by atoms with Crippen molar-refractivity contribution in [3.05, 3.63) is 37.2 Å². The molecule has 0 spiro atoms. The zero-order chi connectivity index (χ0) is 20.8. The van der Waals surface area contributed by atoms with Gasteiger partial charge in [0.05, 0.1) is 6.33 Å². The van der Waals surface area contributed by atoms with Crippen LogP contribution in [0.25, 0.3) is 0 Å². The maximum atomic E-state index is 3.83. The third-order valence-electron chi connectivity index (χ3n) is 1.27. The van der Waals surface area contributed by atoms with Gasteiger partial charge >= 0.3 is 0 Å². The second kappa shape index (κ2) is 57.9. The highest BCUT2D eigenvalue weighted by molar-refractivity contribution is 4.75. The Morgan fingerprint density at radius 2 is 1.00 bits per heavy atom. The Balaban J connectivity index is -0.0000000423. The lowest BCUT2D eigenvalue weighted by Gasteiger charge is -1.77. The summed E-state index contributed by atoms with van der Waals surface area (Å²) in [6, 6.07) is 1.89. The topological polar surface area (TPSA) is 35.6 Å². The predicted octanol–water partition coefficient (Wildman–Crippen LogP) is 7.00. The van der Waals surface area contributed by atoms with E-state index in [1.54, 1.807) is 23.4 Å². The maximum absolute atomic E-state index is 3.83. The highest BCUT2D eigenvalue weighted by Crippen LogP contribution is 1.73. The molecule has 0 unspecified atom stereocenters. The molecule has 0 saturated carbocycles. The minimum Gasteiger partial charge on any atom is -0.341 e. The van der Waals surface area contributed by atoms with Crippen LogP contribution in [0.5, 0.6) is 0 Å². The van der Waals surface area contributed by atoms with Gasteiger partial charge in [0.1, 0.15) is 0 Å². The summed E-state index contributed by atoms with van der Waals surface area (Å²) in [4.78, 5) is 3.78. The average Bonchev–Trinajstić information content (AvgIpc) is 3.39. The van der Waals surface area contributed by atoms with Gasteiger partial charge in [0.2, 0.25) is 0 Å². The van der Waals surface area contributed by atoms with Crippen molar-refractivity contribution < 1.29 is 0 Å². The zero-order valence-electron chi connectivity index (χ0n) is 19.3. The molecule has 0 aliphatic carbocycles. The molecule has 0 N–H and O–H groups in total. The summed E-state index contributed by atoms with van der Waals surface area (Å²) in [6.45, 7) is 24.0. The summed E-state index contributed by atoms with van der Waals surface area (Å²) in [5, 5.41) is 3.83. The van der Waals surface area contributed by atoms with Crippen LogP contribution in [0.4, 0.5) is 0 Å². The molecule has 0 aromatic carbocycles. The van der Waals surface area contributed by atoms with Crippen molar-refractivity contribution in [2.75, 3.05) is 0 Å². The SMILES string of the molecule is CC.CC.CC.CC.CC.CC.Cn1cccn1.Cn1ccnc1. The third kappa shape index (κ3) is 49.9. The van der Waals surface area contributed by atoms with E-state index in [0.717, 1.165) is 0 Å². The molecule has 2 heterocycles. The molecule has 0 bridgehead atoms. The smallest absolute Gasteiger partial charge is 0.0943 e. The number of aromatic nitrogens is 4. The number of imidazole rings is 1. The zero-order valence-corrected chi connectivity index (χ0v) is 19.3. The molecule has 4 nitrogen and oxygen atoms in total. The second-order valence-corrected chi connectivity index (χ2v) is 2.41. The minimum absolute atomic E-state index is 1.75. The fraction of sp³-hybridized carbons (Fsp3) is 0.700. The average molecular weight is 345 g/mol. The molecular weight excluding hydrogens is 296 g/mol. The molecule has 0 fully saturated rings. The molecule has 0 saturated heterocycles. The number of nitrogens with zero attached hydrogens (tertiary/aromatic N) is 4. The Morgan fingerprint density at radius 3 is 1.08 bits per heavy atom. The van der Waals surface area contributed by atoms with Crippen molar-refractivity contribution >= 4 is 0 Å². The molecule has 0 amide bonds. The standard InChI is InChI=1S/2C4H6N2.6C2H6/c1-6-3-2-5-4-6;1-6-4-2-3-5-6;6*1-2/h2*2-4H,1H3;6*1-2H3. The third-order valence-corrected chi connectivity index (χ3v) is 1.27. The molecular formula is C20H48N4. The molecule has 148 valence electrons. The van der Waals surface area contributed by atoms with Crippen LogP contribution in [0.1, 0.15) is 83.1 Å². The molecule has 4 heteroatoms. The Hall–Kier alpha value is -1.58. The predicted molar refractivity (Wildman–Crippen MR) is 115 cm³/mol. The fourth-order valence-electron chi connectivity index (χ4n) is 0.671. The Kier molecular flexibility index (Phi) is 92.0. The number of aryl methyl sites for hydroxylation is 2. The Labute approximate surface area is 154 Å². The summed E-state index contributed by atoms with van der Waals surface area (Å²) < 4.78 is 3.64. The lowest BCUT2D eigenvalue weighted by molar-refractivity contribution is 0.768. The number of hydrogen-bond acceptors (Lipinski definition) is 2. The van der Waals surface area contributed by atoms with E-state index >= 15 is 0 Å². The molecule has 24 heavy (non-hydrogen) atoms. The highest BCUT2D eigenvalue weighted by Gasteiger charge is 1.69. The molecule has 0 aliphatic rings. The van der Waals surface area contributed by atoms with Crippen LogP contribution in [-0.2, 0) is 14.1 Å². The lowest BCUT2D eigenvalue weighted by Crippen LogP contribution is -1.83. The van der Waals surface area contributed by atoms with E-state index in [9.17, 15) is 0 Å². The molecule has 0 aliphatic heterocycles. The van der Waals surface area contributed by atoms with Gasteiger partial charge in [-0.3, -0.25) is 4.68 Å². The number of rotatable bonds is 0. The van der Waals surface area contributed by atoms with Crippen molar-refractivity contribution in [3.63, 3.8) is 0 Å². The van der Waals surface area contributed by atoms with Gasteiger partial charge in [0.15, 0.2) is 0 Å². The van der Waals surface area contributed by atoms with E-state index in [4.69, 9.17) is 0 Å². The van der Waals surface area contributed by atoms with Gasteiger partial charge in [-0.1, -0.05) is 83.1 Å². The molecule has 0 radical (unpaired) electrons. The first kappa shape index (κ1) is 38.2. The normalized spacial score (nSPS) is 5.92. The maximum Gasteiger partial charge on any atom is 0.0943 e. The quantitative estimate of drug-likeness (QED) is 0.516. The van der Waals surface area contributed by atoms with E-state index in [2.05, 4.69) is 10.1 Å². The van der Waals surface area contributed by atoms with Crippen molar-refractivity contribution in [2.24, 2.45) is 14.1 Å². The number of hydrogen-bond donors (Lipinski definition) is 0. The van der Waals surface area contributed by atoms with E-state index in [-0.39, 0.29) is 0 Å². The van der Waals surface area contributed by atoms with Gasteiger partial charge in [0, 0.05) is 38.9 Å². The summed E-state index contributed by atoms with van der Waals surface area (Å²) in [7, 11) is 3.83. The van der Waals surface area contributed by atoms with Crippen LogP contribution in [0.15, 0.2) is 37.2 Å². The molecule has 2 rings (SSSR count). The molecule has 2 aromatic heterocycles. The van der Waals surface area contributed by atoms with Crippen LogP contribution in [0.3, 0.4) is 0 Å².